The quantitative estimate of drug-likeness (QED) is 0.697. The molecule has 0 saturated carbocycles. The highest BCUT2D eigenvalue weighted by Gasteiger charge is 2.20. The predicted molar refractivity (Wildman–Crippen MR) is 77.6 cm³/mol. The smallest absolute Gasteiger partial charge is 0.0174 e. The molecule has 2 N–H and O–H groups in total. The first kappa shape index (κ1) is 16.1. The summed E-state index contributed by atoms with van der Waals surface area (Å²) in [6.07, 6.45) is 4.45. The average molecular weight is 238 g/mol. The number of unbranched alkanes of at least 4 members (excludes halogenated alkanes) is 1. The molecule has 0 bridgehead atoms. The van der Waals surface area contributed by atoms with E-state index in [0.717, 1.165) is 18.8 Å². The fourth-order valence-electron chi connectivity index (χ4n) is 1.98. The summed E-state index contributed by atoms with van der Waals surface area (Å²) in [5, 5.41) is 0. The second-order valence-corrected chi connectivity index (χ2v) is 4.79. The first-order chi connectivity index (χ1) is 7.99. The van der Waals surface area contributed by atoms with E-state index in [1.807, 2.05) is 13.0 Å². The maximum atomic E-state index is 6.00. The zero-order valence-corrected chi connectivity index (χ0v) is 12.3. The second kappa shape index (κ2) is 8.21. The van der Waals surface area contributed by atoms with Gasteiger partial charge < -0.3 is 10.6 Å². The van der Waals surface area contributed by atoms with Gasteiger partial charge in [-0.2, -0.15) is 0 Å². The van der Waals surface area contributed by atoms with Crippen molar-refractivity contribution in [3.05, 3.63) is 24.0 Å². The molecule has 0 aromatic heterocycles. The highest BCUT2D eigenvalue weighted by molar-refractivity contribution is 5.09. The number of allylic oxidation sites excluding steroid dienone is 3. The minimum Gasteiger partial charge on any atom is -0.402 e. The van der Waals surface area contributed by atoms with Crippen LogP contribution in [0.1, 0.15) is 47.5 Å². The SMILES string of the molecule is C=C([C@@H](C)[C@@H](C)/C(N)=C\C)N(CC)CCCC. The molecule has 0 radical (unpaired) electrons. The molecule has 0 unspecified atom stereocenters. The Morgan fingerprint density at radius 3 is 2.29 bits per heavy atom. The van der Waals surface area contributed by atoms with Gasteiger partial charge in [0.05, 0.1) is 0 Å². The van der Waals surface area contributed by atoms with Gasteiger partial charge in [0.25, 0.3) is 0 Å². The zero-order valence-electron chi connectivity index (χ0n) is 12.3. The molecule has 0 aliphatic heterocycles. The third-order valence-electron chi connectivity index (χ3n) is 3.70. The van der Waals surface area contributed by atoms with Crippen LogP contribution < -0.4 is 5.73 Å². The van der Waals surface area contributed by atoms with Crippen LogP contribution in [-0.4, -0.2) is 18.0 Å². The first-order valence-electron chi connectivity index (χ1n) is 6.84. The molecule has 0 aliphatic carbocycles. The number of hydrogen-bond acceptors (Lipinski definition) is 2. The normalized spacial score (nSPS) is 15.5. The van der Waals surface area contributed by atoms with E-state index in [4.69, 9.17) is 5.73 Å². The van der Waals surface area contributed by atoms with Crippen LogP contribution >= 0.6 is 0 Å². The number of nitrogens with two attached hydrogens (primary N) is 1. The first-order valence-corrected chi connectivity index (χ1v) is 6.84. The van der Waals surface area contributed by atoms with E-state index in [1.165, 1.54) is 18.5 Å². The third kappa shape index (κ3) is 4.84. The van der Waals surface area contributed by atoms with E-state index in [-0.39, 0.29) is 0 Å². The Morgan fingerprint density at radius 1 is 1.29 bits per heavy atom. The van der Waals surface area contributed by atoms with Crippen molar-refractivity contribution >= 4 is 0 Å². The number of nitrogens with zero attached hydrogens (tertiary/aromatic N) is 1. The van der Waals surface area contributed by atoms with Crippen molar-refractivity contribution in [3.63, 3.8) is 0 Å². The molecule has 0 saturated heterocycles. The summed E-state index contributed by atoms with van der Waals surface area (Å²) in [5.74, 6) is 0.770. The van der Waals surface area contributed by atoms with Gasteiger partial charge in [0.1, 0.15) is 0 Å². The summed E-state index contributed by atoms with van der Waals surface area (Å²) in [7, 11) is 0. The average Bonchev–Trinajstić information content (AvgIpc) is 2.36. The molecule has 100 valence electrons. The van der Waals surface area contributed by atoms with E-state index in [2.05, 4.69) is 39.2 Å². The maximum Gasteiger partial charge on any atom is 0.0174 e. The molecule has 0 fully saturated rings. The highest BCUT2D eigenvalue weighted by Crippen LogP contribution is 2.25. The van der Waals surface area contributed by atoms with Crippen LogP contribution in [0.2, 0.25) is 0 Å². The van der Waals surface area contributed by atoms with Crippen molar-refractivity contribution in [1.29, 1.82) is 0 Å². The zero-order chi connectivity index (χ0) is 13.4. The van der Waals surface area contributed by atoms with Crippen molar-refractivity contribution in [2.75, 3.05) is 13.1 Å². The molecule has 2 nitrogen and oxygen atoms in total. The Morgan fingerprint density at radius 2 is 1.88 bits per heavy atom. The summed E-state index contributed by atoms with van der Waals surface area (Å²) < 4.78 is 0. The lowest BCUT2D eigenvalue weighted by atomic mass is 9.89. The van der Waals surface area contributed by atoms with Gasteiger partial charge in [-0.25, -0.2) is 0 Å². The van der Waals surface area contributed by atoms with Crippen molar-refractivity contribution in [2.45, 2.75) is 47.5 Å². The van der Waals surface area contributed by atoms with E-state index >= 15 is 0 Å². The molecule has 0 rings (SSSR count). The molecule has 0 aliphatic rings. The lowest BCUT2D eigenvalue weighted by molar-refractivity contribution is 0.294. The van der Waals surface area contributed by atoms with Crippen LogP contribution in [0.5, 0.6) is 0 Å². The Labute approximate surface area is 108 Å². The third-order valence-corrected chi connectivity index (χ3v) is 3.70. The lowest BCUT2D eigenvalue weighted by Crippen LogP contribution is -2.30. The molecule has 2 atom stereocenters. The fraction of sp³-hybridized carbons (Fsp3) is 0.733. The van der Waals surface area contributed by atoms with Crippen LogP contribution in [0.15, 0.2) is 24.0 Å². The highest BCUT2D eigenvalue weighted by atomic mass is 15.1. The molecular weight excluding hydrogens is 208 g/mol. The van der Waals surface area contributed by atoms with Crippen LogP contribution in [0.3, 0.4) is 0 Å². The predicted octanol–water partition coefficient (Wildman–Crippen LogP) is 3.76. The second-order valence-electron chi connectivity index (χ2n) is 4.79. The summed E-state index contributed by atoms with van der Waals surface area (Å²) in [5.41, 5.74) is 8.18. The van der Waals surface area contributed by atoms with E-state index < -0.39 is 0 Å². The monoisotopic (exact) mass is 238 g/mol. The van der Waals surface area contributed by atoms with E-state index in [9.17, 15) is 0 Å². The van der Waals surface area contributed by atoms with Crippen LogP contribution in [0.4, 0.5) is 0 Å². The molecule has 0 spiro atoms. The van der Waals surface area contributed by atoms with Gasteiger partial charge >= 0.3 is 0 Å². The van der Waals surface area contributed by atoms with Crippen LogP contribution in [-0.2, 0) is 0 Å². The summed E-state index contributed by atoms with van der Waals surface area (Å²) in [4.78, 5) is 2.38. The van der Waals surface area contributed by atoms with Gasteiger partial charge in [-0.1, -0.05) is 39.8 Å². The van der Waals surface area contributed by atoms with Gasteiger partial charge in [0.15, 0.2) is 0 Å². The topological polar surface area (TPSA) is 29.3 Å². The fourth-order valence-corrected chi connectivity index (χ4v) is 1.98. The molecule has 0 heterocycles. The Kier molecular flexibility index (Phi) is 7.77. The molecule has 0 aromatic rings. The Balaban J connectivity index is 4.54. The molecular formula is C15H30N2. The summed E-state index contributed by atoms with van der Waals surface area (Å²) in [6.45, 7) is 17.2. The van der Waals surface area contributed by atoms with Crippen molar-refractivity contribution < 1.29 is 0 Å². The summed E-state index contributed by atoms with van der Waals surface area (Å²) in [6, 6.07) is 0. The Hall–Kier alpha value is -0.920. The van der Waals surface area contributed by atoms with Crippen LogP contribution in [0, 0.1) is 11.8 Å². The van der Waals surface area contributed by atoms with Gasteiger partial charge in [-0.3, -0.25) is 0 Å². The maximum absolute atomic E-state index is 6.00. The van der Waals surface area contributed by atoms with E-state index in [1.54, 1.807) is 0 Å². The van der Waals surface area contributed by atoms with Crippen molar-refractivity contribution in [1.82, 2.24) is 4.90 Å². The van der Waals surface area contributed by atoms with Crippen LogP contribution in [0.25, 0.3) is 0 Å². The van der Waals surface area contributed by atoms with Gasteiger partial charge in [-0.05, 0) is 20.3 Å². The lowest BCUT2D eigenvalue weighted by Gasteiger charge is -2.32. The summed E-state index contributed by atoms with van der Waals surface area (Å²) >= 11 is 0. The largest absolute Gasteiger partial charge is 0.402 e. The van der Waals surface area contributed by atoms with Gasteiger partial charge in [0.2, 0.25) is 0 Å². The molecule has 0 amide bonds. The molecule has 2 heteroatoms. The Bertz CT molecular complexity index is 256. The molecule has 0 aromatic carbocycles. The van der Waals surface area contributed by atoms with Crippen molar-refractivity contribution in [2.24, 2.45) is 17.6 Å². The minimum absolute atomic E-state index is 0.364. The number of rotatable bonds is 8. The van der Waals surface area contributed by atoms with Gasteiger partial charge in [-0.15, -0.1) is 0 Å². The standard InChI is InChI=1S/C15H30N2/c1-7-10-11-17(9-3)14(6)12(4)13(5)15(16)8-2/h8,12-13H,6-7,9-11,16H2,1-5H3/b15-8+/t12-,13+/m0/s1. The van der Waals surface area contributed by atoms with Gasteiger partial charge in [0, 0.05) is 36.3 Å². The van der Waals surface area contributed by atoms with Crippen molar-refractivity contribution in [3.8, 4) is 0 Å². The number of hydrogen-bond donors (Lipinski definition) is 1. The molecule has 17 heavy (non-hydrogen) atoms. The minimum atomic E-state index is 0.364. The van der Waals surface area contributed by atoms with E-state index in [0.29, 0.717) is 11.8 Å².